The van der Waals surface area contributed by atoms with Crippen molar-refractivity contribution in [3.05, 3.63) is 22.7 Å². The first-order chi connectivity index (χ1) is 7.99. The number of rotatable bonds is 4. The van der Waals surface area contributed by atoms with Crippen LogP contribution in [-0.4, -0.2) is 26.1 Å². The maximum atomic E-state index is 11.4. The number of amides is 1. The van der Waals surface area contributed by atoms with E-state index in [1.807, 2.05) is 13.0 Å². The van der Waals surface area contributed by atoms with Crippen LogP contribution in [0.1, 0.15) is 12.5 Å². The van der Waals surface area contributed by atoms with Gasteiger partial charge in [-0.2, -0.15) is 0 Å². The van der Waals surface area contributed by atoms with Crippen LogP contribution in [0.2, 0.25) is 5.02 Å². The summed E-state index contributed by atoms with van der Waals surface area (Å²) in [6.07, 6.45) is 0. The normalized spacial score (nSPS) is 11.8. The van der Waals surface area contributed by atoms with Crippen LogP contribution in [0.4, 0.5) is 5.69 Å². The maximum absolute atomic E-state index is 11.4. The molecule has 0 bridgehead atoms. The number of carbonyl (C=O) groups is 1. The highest BCUT2D eigenvalue weighted by molar-refractivity contribution is 6.31. The molecule has 1 aromatic carbocycles. The zero-order chi connectivity index (χ0) is 13.0. The second kappa shape index (κ2) is 5.77. The van der Waals surface area contributed by atoms with E-state index in [2.05, 4.69) is 10.6 Å². The monoisotopic (exact) mass is 256 g/mol. The molecule has 0 spiro atoms. The number of carbonyl (C=O) groups excluding carboxylic acids is 1. The summed E-state index contributed by atoms with van der Waals surface area (Å²) in [6.45, 7) is 3.68. The van der Waals surface area contributed by atoms with Gasteiger partial charge in [0.05, 0.1) is 12.8 Å². The smallest absolute Gasteiger partial charge is 0.241 e. The summed E-state index contributed by atoms with van der Waals surface area (Å²) in [7, 11) is 3.17. The third-order valence-electron chi connectivity index (χ3n) is 2.49. The number of hydrogen-bond donors (Lipinski definition) is 2. The number of halogens is 1. The van der Waals surface area contributed by atoms with Crippen LogP contribution in [0.25, 0.3) is 0 Å². The molecule has 17 heavy (non-hydrogen) atoms. The molecular weight excluding hydrogens is 240 g/mol. The van der Waals surface area contributed by atoms with Crippen molar-refractivity contribution in [3.63, 3.8) is 0 Å². The lowest BCUT2D eigenvalue weighted by molar-refractivity contribution is -0.121. The van der Waals surface area contributed by atoms with Crippen molar-refractivity contribution in [1.82, 2.24) is 5.32 Å². The van der Waals surface area contributed by atoms with Gasteiger partial charge >= 0.3 is 0 Å². The summed E-state index contributed by atoms with van der Waals surface area (Å²) >= 11 is 6.00. The number of nitrogens with one attached hydrogen (secondary N) is 2. The molecule has 1 rings (SSSR count). The summed E-state index contributed by atoms with van der Waals surface area (Å²) in [5.41, 5.74) is 1.68. The third kappa shape index (κ3) is 3.27. The Morgan fingerprint density at radius 2 is 2.12 bits per heavy atom. The van der Waals surface area contributed by atoms with Crippen LogP contribution in [0.15, 0.2) is 12.1 Å². The summed E-state index contributed by atoms with van der Waals surface area (Å²) < 4.78 is 5.22. The molecule has 0 saturated heterocycles. The Morgan fingerprint density at radius 1 is 1.47 bits per heavy atom. The van der Waals surface area contributed by atoms with E-state index in [-0.39, 0.29) is 11.9 Å². The minimum Gasteiger partial charge on any atom is -0.495 e. The van der Waals surface area contributed by atoms with E-state index in [1.165, 1.54) is 0 Å². The molecular formula is C12H17ClN2O2. The van der Waals surface area contributed by atoms with E-state index in [1.54, 1.807) is 27.1 Å². The van der Waals surface area contributed by atoms with Crippen molar-refractivity contribution in [1.29, 1.82) is 0 Å². The minimum absolute atomic E-state index is 0.0837. The third-order valence-corrected chi connectivity index (χ3v) is 2.90. The Kier molecular flexibility index (Phi) is 4.63. The Bertz CT molecular complexity index is 421. The lowest BCUT2D eigenvalue weighted by atomic mass is 10.2. The fraction of sp³-hybridized carbons (Fsp3) is 0.417. The lowest BCUT2D eigenvalue weighted by Crippen LogP contribution is -2.35. The van der Waals surface area contributed by atoms with Crippen molar-refractivity contribution in [3.8, 4) is 5.75 Å². The second-order valence-corrected chi connectivity index (χ2v) is 4.19. The topological polar surface area (TPSA) is 50.4 Å². The van der Waals surface area contributed by atoms with Crippen LogP contribution in [0.3, 0.4) is 0 Å². The quantitative estimate of drug-likeness (QED) is 0.868. The lowest BCUT2D eigenvalue weighted by Gasteiger charge is -2.17. The van der Waals surface area contributed by atoms with Crippen LogP contribution in [0, 0.1) is 6.92 Å². The Balaban J connectivity index is 2.97. The van der Waals surface area contributed by atoms with E-state index < -0.39 is 0 Å². The fourth-order valence-corrected chi connectivity index (χ4v) is 1.61. The van der Waals surface area contributed by atoms with Crippen molar-refractivity contribution in [2.24, 2.45) is 0 Å². The molecule has 0 heterocycles. The van der Waals surface area contributed by atoms with E-state index >= 15 is 0 Å². The molecule has 94 valence electrons. The van der Waals surface area contributed by atoms with Gasteiger partial charge in [-0.1, -0.05) is 11.6 Å². The van der Waals surface area contributed by atoms with E-state index in [0.29, 0.717) is 10.8 Å². The Morgan fingerprint density at radius 3 is 2.65 bits per heavy atom. The first-order valence-electron chi connectivity index (χ1n) is 5.31. The standard InChI is InChI=1S/C12H17ClN2O2/c1-7-5-10(11(17-4)6-9(7)13)15-8(2)12(16)14-3/h5-6,8,15H,1-4H3,(H,14,16). The molecule has 5 heteroatoms. The largest absolute Gasteiger partial charge is 0.495 e. The summed E-state index contributed by atoms with van der Waals surface area (Å²) in [5, 5.41) is 6.30. The van der Waals surface area contributed by atoms with E-state index in [0.717, 1.165) is 11.3 Å². The van der Waals surface area contributed by atoms with Crippen LogP contribution >= 0.6 is 11.6 Å². The predicted octanol–water partition coefficient (Wildman–Crippen LogP) is 2.20. The maximum Gasteiger partial charge on any atom is 0.241 e. The van der Waals surface area contributed by atoms with Gasteiger partial charge in [0.25, 0.3) is 0 Å². The molecule has 1 aromatic rings. The molecule has 0 aliphatic rings. The number of benzene rings is 1. The average molecular weight is 257 g/mol. The highest BCUT2D eigenvalue weighted by atomic mass is 35.5. The zero-order valence-corrected chi connectivity index (χ0v) is 11.2. The average Bonchev–Trinajstić information content (AvgIpc) is 2.32. The SMILES string of the molecule is CNC(=O)C(C)Nc1cc(C)c(Cl)cc1OC. The number of likely N-dealkylation sites (N-methyl/N-ethyl adjacent to an activating group) is 1. The van der Waals surface area contributed by atoms with Crippen molar-refractivity contribution >= 4 is 23.2 Å². The van der Waals surface area contributed by atoms with Gasteiger partial charge in [-0.25, -0.2) is 0 Å². The number of hydrogen-bond acceptors (Lipinski definition) is 3. The highest BCUT2D eigenvalue weighted by Crippen LogP contribution is 2.31. The van der Waals surface area contributed by atoms with Gasteiger partial charge in [-0.3, -0.25) is 4.79 Å². The molecule has 4 nitrogen and oxygen atoms in total. The molecule has 2 N–H and O–H groups in total. The minimum atomic E-state index is -0.338. The number of anilines is 1. The molecule has 1 atom stereocenters. The van der Waals surface area contributed by atoms with Gasteiger partial charge in [0.1, 0.15) is 11.8 Å². The fourth-order valence-electron chi connectivity index (χ4n) is 1.46. The second-order valence-electron chi connectivity index (χ2n) is 3.78. The number of methoxy groups -OCH3 is 1. The summed E-state index contributed by atoms with van der Waals surface area (Å²) in [6, 6.07) is 3.26. The van der Waals surface area contributed by atoms with E-state index in [4.69, 9.17) is 16.3 Å². The van der Waals surface area contributed by atoms with Gasteiger partial charge in [0.15, 0.2) is 0 Å². The predicted molar refractivity (Wildman–Crippen MR) is 69.9 cm³/mol. The molecule has 0 aliphatic carbocycles. The molecule has 0 radical (unpaired) electrons. The molecule has 0 saturated carbocycles. The molecule has 0 aliphatic heterocycles. The number of aryl methyl sites for hydroxylation is 1. The van der Waals surface area contributed by atoms with Crippen LogP contribution in [-0.2, 0) is 4.79 Å². The van der Waals surface area contributed by atoms with Gasteiger partial charge < -0.3 is 15.4 Å². The van der Waals surface area contributed by atoms with Gasteiger partial charge in [0, 0.05) is 18.1 Å². The van der Waals surface area contributed by atoms with Gasteiger partial charge in [-0.15, -0.1) is 0 Å². The first-order valence-corrected chi connectivity index (χ1v) is 5.69. The van der Waals surface area contributed by atoms with Crippen molar-refractivity contribution < 1.29 is 9.53 Å². The van der Waals surface area contributed by atoms with Gasteiger partial charge in [0.2, 0.25) is 5.91 Å². The van der Waals surface area contributed by atoms with E-state index in [9.17, 15) is 4.79 Å². The molecule has 1 unspecified atom stereocenters. The Labute approximate surface area is 106 Å². The van der Waals surface area contributed by atoms with Crippen LogP contribution < -0.4 is 15.4 Å². The van der Waals surface area contributed by atoms with Crippen LogP contribution in [0.5, 0.6) is 5.75 Å². The Hall–Kier alpha value is -1.42. The zero-order valence-electron chi connectivity index (χ0n) is 10.4. The molecule has 0 fully saturated rings. The van der Waals surface area contributed by atoms with Crippen molar-refractivity contribution in [2.75, 3.05) is 19.5 Å². The number of ether oxygens (including phenoxy) is 1. The highest BCUT2D eigenvalue weighted by Gasteiger charge is 2.14. The molecule has 1 amide bonds. The summed E-state index contributed by atoms with van der Waals surface area (Å²) in [4.78, 5) is 11.4. The van der Waals surface area contributed by atoms with Gasteiger partial charge in [-0.05, 0) is 25.5 Å². The van der Waals surface area contributed by atoms with Crippen molar-refractivity contribution in [2.45, 2.75) is 19.9 Å². The first kappa shape index (κ1) is 13.6. The molecule has 0 aromatic heterocycles. The summed E-state index contributed by atoms with van der Waals surface area (Å²) in [5.74, 6) is 0.538.